The third-order valence-electron chi connectivity index (χ3n) is 4.46. The zero-order valence-corrected chi connectivity index (χ0v) is 13.9. The van der Waals surface area contributed by atoms with E-state index in [0.29, 0.717) is 6.54 Å². The topological polar surface area (TPSA) is 54.1 Å². The second-order valence-corrected chi connectivity index (χ2v) is 6.05. The standard InChI is InChI=1S/C20H16N4O2/c1-2-4-17(24-9-7-21-13-24)16(3-1)12-23-10-8-22-20(23)15-5-6-18-19(11-15)26-14-25-18/h1-11,13H,12,14H2. The molecule has 0 saturated heterocycles. The first kappa shape index (κ1) is 14.8. The smallest absolute Gasteiger partial charge is 0.231 e. The van der Waals surface area contributed by atoms with E-state index in [-0.39, 0.29) is 6.79 Å². The number of rotatable bonds is 4. The van der Waals surface area contributed by atoms with Gasteiger partial charge in [0, 0.05) is 30.4 Å². The maximum absolute atomic E-state index is 5.49. The third-order valence-corrected chi connectivity index (χ3v) is 4.46. The van der Waals surface area contributed by atoms with Crippen molar-refractivity contribution in [2.24, 2.45) is 0 Å². The maximum atomic E-state index is 5.49. The van der Waals surface area contributed by atoms with Crippen LogP contribution >= 0.6 is 0 Å². The van der Waals surface area contributed by atoms with E-state index in [1.807, 2.05) is 59.8 Å². The van der Waals surface area contributed by atoms with Gasteiger partial charge in [-0.3, -0.25) is 0 Å². The van der Waals surface area contributed by atoms with Crippen LogP contribution < -0.4 is 9.47 Å². The Morgan fingerprint density at radius 3 is 2.81 bits per heavy atom. The first-order valence-corrected chi connectivity index (χ1v) is 8.36. The summed E-state index contributed by atoms with van der Waals surface area (Å²) >= 11 is 0. The molecule has 0 N–H and O–H groups in total. The summed E-state index contributed by atoms with van der Waals surface area (Å²) < 4.78 is 15.0. The molecule has 26 heavy (non-hydrogen) atoms. The van der Waals surface area contributed by atoms with Crippen molar-refractivity contribution >= 4 is 0 Å². The molecule has 5 rings (SSSR count). The van der Waals surface area contributed by atoms with E-state index in [9.17, 15) is 0 Å². The van der Waals surface area contributed by atoms with Crippen LogP contribution in [0.2, 0.25) is 0 Å². The summed E-state index contributed by atoms with van der Waals surface area (Å²) in [6.07, 6.45) is 9.35. The maximum Gasteiger partial charge on any atom is 0.231 e. The average Bonchev–Trinajstić information content (AvgIpc) is 3.43. The summed E-state index contributed by atoms with van der Waals surface area (Å²) in [5.74, 6) is 2.43. The van der Waals surface area contributed by atoms with Gasteiger partial charge in [0.25, 0.3) is 0 Å². The quantitative estimate of drug-likeness (QED) is 0.568. The average molecular weight is 344 g/mol. The molecule has 128 valence electrons. The van der Waals surface area contributed by atoms with Gasteiger partial charge in [-0.15, -0.1) is 0 Å². The lowest BCUT2D eigenvalue weighted by Gasteiger charge is -2.13. The SMILES string of the molecule is c1ccc(-n2ccnc2)c(Cn2ccnc2-c2ccc3c(c2)OCO3)c1. The van der Waals surface area contributed by atoms with E-state index in [4.69, 9.17) is 9.47 Å². The van der Waals surface area contributed by atoms with E-state index >= 15 is 0 Å². The fourth-order valence-corrected chi connectivity index (χ4v) is 3.21. The Morgan fingerprint density at radius 2 is 1.88 bits per heavy atom. The molecule has 2 aromatic carbocycles. The van der Waals surface area contributed by atoms with Crippen molar-refractivity contribution in [2.45, 2.75) is 6.54 Å². The summed E-state index contributed by atoms with van der Waals surface area (Å²) in [6, 6.07) is 14.2. The van der Waals surface area contributed by atoms with Crippen molar-refractivity contribution in [3.63, 3.8) is 0 Å². The van der Waals surface area contributed by atoms with Crippen molar-refractivity contribution < 1.29 is 9.47 Å². The highest BCUT2D eigenvalue weighted by molar-refractivity contribution is 5.62. The van der Waals surface area contributed by atoms with Crippen molar-refractivity contribution in [3.8, 4) is 28.6 Å². The zero-order chi connectivity index (χ0) is 17.3. The number of nitrogens with zero attached hydrogens (tertiary/aromatic N) is 4. The van der Waals surface area contributed by atoms with Crippen LogP contribution in [0.4, 0.5) is 0 Å². The van der Waals surface area contributed by atoms with Crippen LogP contribution in [0.1, 0.15) is 5.56 Å². The largest absolute Gasteiger partial charge is 0.454 e. The molecule has 0 unspecified atom stereocenters. The first-order chi connectivity index (χ1) is 12.9. The number of hydrogen-bond acceptors (Lipinski definition) is 4. The summed E-state index contributed by atoms with van der Waals surface area (Å²) in [5.41, 5.74) is 3.29. The van der Waals surface area contributed by atoms with Crippen molar-refractivity contribution in [1.29, 1.82) is 0 Å². The molecule has 0 spiro atoms. The molecule has 0 saturated carbocycles. The second kappa shape index (κ2) is 6.07. The molecule has 0 bridgehead atoms. The van der Waals surface area contributed by atoms with Crippen LogP contribution in [0.15, 0.2) is 73.6 Å². The van der Waals surface area contributed by atoms with E-state index in [1.165, 1.54) is 5.56 Å². The minimum Gasteiger partial charge on any atom is -0.454 e. The van der Waals surface area contributed by atoms with Crippen LogP contribution in [0, 0.1) is 0 Å². The van der Waals surface area contributed by atoms with Gasteiger partial charge in [-0.1, -0.05) is 18.2 Å². The molecule has 0 aliphatic carbocycles. The number of para-hydroxylation sites is 1. The molecule has 0 amide bonds. The van der Waals surface area contributed by atoms with Crippen molar-refractivity contribution in [2.75, 3.05) is 6.79 Å². The molecular weight excluding hydrogens is 328 g/mol. The molecule has 6 heteroatoms. The van der Waals surface area contributed by atoms with Gasteiger partial charge in [-0.2, -0.15) is 0 Å². The summed E-state index contributed by atoms with van der Waals surface area (Å²) in [5, 5.41) is 0. The second-order valence-electron chi connectivity index (χ2n) is 6.05. The van der Waals surface area contributed by atoms with Gasteiger partial charge >= 0.3 is 0 Å². The predicted molar refractivity (Wildman–Crippen MR) is 96.5 cm³/mol. The summed E-state index contributed by atoms with van der Waals surface area (Å²) in [6.45, 7) is 0.976. The molecule has 1 aliphatic rings. The molecule has 2 aromatic heterocycles. The van der Waals surface area contributed by atoms with Crippen LogP contribution in [-0.4, -0.2) is 25.9 Å². The van der Waals surface area contributed by atoms with Crippen LogP contribution in [0.25, 0.3) is 17.1 Å². The van der Waals surface area contributed by atoms with Gasteiger partial charge in [0.2, 0.25) is 6.79 Å². The molecule has 6 nitrogen and oxygen atoms in total. The predicted octanol–water partition coefficient (Wildman–Crippen LogP) is 3.51. The van der Waals surface area contributed by atoms with E-state index in [1.54, 1.807) is 6.20 Å². The highest BCUT2D eigenvalue weighted by Crippen LogP contribution is 2.35. The van der Waals surface area contributed by atoms with Crippen molar-refractivity contribution in [3.05, 3.63) is 79.1 Å². The van der Waals surface area contributed by atoms with Gasteiger partial charge in [0.1, 0.15) is 5.82 Å². The van der Waals surface area contributed by atoms with Gasteiger partial charge in [0.05, 0.1) is 18.6 Å². The number of fused-ring (bicyclic) bond motifs is 1. The Balaban J connectivity index is 1.52. The Hall–Kier alpha value is -3.54. The Bertz CT molecular complexity index is 1050. The van der Waals surface area contributed by atoms with Crippen LogP contribution in [-0.2, 0) is 6.54 Å². The number of ether oxygens (including phenoxy) is 2. The number of imidazole rings is 2. The summed E-state index contributed by atoms with van der Waals surface area (Å²) in [4.78, 5) is 8.70. The van der Waals surface area contributed by atoms with E-state index in [0.717, 1.165) is 28.6 Å². The van der Waals surface area contributed by atoms with Crippen molar-refractivity contribution in [1.82, 2.24) is 19.1 Å². The van der Waals surface area contributed by atoms with Gasteiger partial charge in [-0.25, -0.2) is 9.97 Å². The highest BCUT2D eigenvalue weighted by Gasteiger charge is 2.16. The zero-order valence-electron chi connectivity index (χ0n) is 13.9. The molecule has 3 heterocycles. The molecule has 1 aliphatic heterocycles. The van der Waals surface area contributed by atoms with Crippen LogP contribution in [0.3, 0.4) is 0 Å². The molecule has 0 fully saturated rings. The minimum absolute atomic E-state index is 0.269. The van der Waals surface area contributed by atoms with E-state index in [2.05, 4.69) is 26.7 Å². The van der Waals surface area contributed by atoms with Gasteiger partial charge in [-0.05, 0) is 29.8 Å². The Kier molecular flexibility index (Phi) is 3.45. The fourth-order valence-electron chi connectivity index (χ4n) is 3.21. The Labute approximate surface area is 150 Å². The molecule has 0 radical (unpaired) electrons. The lowest BCUT2D eigenvalue weighted by atomic mass is 10.1. The Morgan fingerprint density at radius 1 is 0.962 bits per heavy atom. The monoisotopic (exact) mass is 344 g/mol. The number of hydrogen-bond donors (Lipinski definition) is 0. The van der Waals surface area contributed by atoms with E-state index < -0.39 is 0 Å². The highest BCUT2D eigenvalue weighted by atomic mass is 16.7. The number of aromatic nitrogens is 4. The summed E-state index contributed by atoms with van der Waals surface area (Å²) in [7, 11) is 0. The van der Waals surface area contributed by atoms with Crippen LogP contribution in [0.5, 0.6) is 11.5 Å². The third kappa shape index (κ3) is 2.52. The molecule has 4 aromatic rings. The van der Waals surface area contributed by atoms with Gasteiger partial charge in [0.15, 0.2) is 11.5 Å². The number of benzene rings is 2. The lowest BCUT2D eigenvalue weighted by Crippen LogP contribution is -2.05. The lowest BCUT2D eigenvalue weighted by molar-refractivity contribution is 0.174. The molecular formula is C20H16N4O2. The first-order valence-electron chi connectivity index (χ1n) is 8.36. The normalized spacial score (nSPS) is 12.5. The minimum atomic E-state index is 0.269. The van der Waals surface area contributed by atoms with Gasteiger partial charge < -0.3 is 18.6 Å². The fraction of sp³-hybridized carbons (Fsp3) is 0.100. The molecule has 0 atom stereocenters.